The summed E-state index contributed by atoms with van der Waals surface area (Å²) in [7, 11) is 0. The van der Waals surface area contributed by atoms with Gasteiger partial charge >= 0.3 is 0 Å². The predicted molar refractivity (Wildman–Crippen MR) is 95.3 cm³/mol. The van der Waals surface area contributed by atoms with Gasteiger partial charge in [0.1, 0.15) is 17.0 Å². The molecule has 3 rings (SSSR count). The van der Waals surface area contributed by atoms with Crippen LogP contribution in [0.3, 0.4) is 0 Å². The molecule has 0 unspecified atom stereocenters. The van der Waals surface area contributed by atoms with Gasteiger partial charge in [0.05, 0.1) is 11.1 Å². The minimum Gasteiger partial charge on any atom is -0.363 e. The molecule has 0 spiro atoms. The van der Waals surface area contributed by atoms with Crippen LogP contribution in [0.2, 0.25) is 0 Å². The Morgan fingerprint density at radius 3 is 2.82 bits per heavy atom. The zero-order valence-electron chi connectivity index (χ0n) is 12.3. The highest BCUT2D eigenvalue weighted by Gasteiger charge is 2.07. The number of thiophene rings is 1. The number of aryl methyl sites for hydroxylation is 1. The summed E-state index contributed by atoms with van der Waals surface area (Å²) in [5, 5.41) is 6.62. The molecular weight excluding hydrogens is 314 g/mol. The quantitative estimate of drug-likeness (QED) is 0.718. The van der Waals surface area contributed by atoms with E-state index < -0.39 is 0 Å². The number of nitrogens with one attached hydrogen (secondary N) is 2. The zero-order chi connectivity index (χ0) is 15.5. The Balaban J connectivity index is 1.94. The van der Waals surface area contributed by atoms with Crippen LogP contribution >= 0.6 is 23.6 Å². The van der Waals surface area contributed by atoms with E-state index in [1.807, 2.05) is 19.1 Å². The summed E-state index contributed by atoms with van der Waals surface area (Å²) in [5.41, 5.74) is 2.20. The summed E-state index contributed by atoms with van der Waals surface area (Å²) in [6, 6.07) is 7.86. The number of hydrogen-bond acceptors (Lipinski definition) is 5. The van der Waals surface area contributed by atoms with Gasteiger partial charge in [0, 0.05) is 11.4 Å². The van der Waals surface area contributed by atoms with Crippen LogP contribution < -0.4 is 10.6 Å². The van der Waals surface area contributed by atoms with Gasteiger partial charge in [0.25, 0.3) is 0 Å². The van der Waals surface area contributed by atoms with Crippen molar-refractivity contribution in [3.8, 4) is 10.6 Å². The molecular formula is C15H15N5S2. The van der Waals surface area contributed by atoms with Gasteiger partial charge in [0.15, 0.2) is 10.8 Å². The maximum atomic E-state index is 5.17. The number of hydrogen-bond donors (Lipinski definition) is 2. The minimum atomic E-state index is 0.548. The first-order valence-electron chi connectivity index (χ1n) is 6.91. The summed E-state index contributed by atoms with van der Waals surface area (Å²) >= 11 is 6.86. The lowest BCUT2D eigenvalue weighted by atomic mass is 10.3. The molecule has 0 aromatic carbocycles. The van der Waals surface area contributed by atoms with Crippen molar-refractivity contribution in [1.29, 1.82) is 0 Å². The van der Waals surface area contributed by atoms with E-state index in [1.165, 1.54) is 4.88 Å². The van der Waals surface area contributed by atoms with Crippen molar-refractivity contribution in [3.05, 3.63) is 35.3 Å². The standard InChI is InChI=1S/C15H15N5S2/c1-3-16-15(21)20-13-7-5-10-14(19-13)18-11(8-17-10)12-6-4-9(2)22-12/h4-8H,3H2,1-2H3,(H2,16,18,19,20,21). The number of nitrogens with zero attached hydrogens (tertiary/aromatic N) is 3. The molecule has 0 aliphatic carbocycles. The molecule has 0 bridgehead atoms. The Kier molecular flexibility index (Phi) is 4.26. The van der Waals surface area contributed by atoms with E-state index in [-0.39, 0.29) is 0 Å². The third-order valence-corrected chi connectivity index (χ3v) is 4.25. The highest BCUT2D eigenvalue weighted by Crippen LogP contribution is 2.26. The number of rotatable bonds is 3. The maximum Gasteiger partial charge on any atom is 0.180 e. The van der Waals surface area contributed by atoms with Gasteiger partial charge in [-0.25, -0.2) is 9.97 Å². The van der Waals surface area contributed by atoms with Gasteiger partial charge < -0.3 is 10.6 Å². The summed E-state index contributed by atoms with van der Waals surface area (Å²) < 4.78 is 0. The maximum absolute atomic E-state index is 5.17. The van der Waals surface area contributed by atoms with Crippen LogP contribution in [0.25, 0.3) is 21.7 Å². The Labute approximate surface area is 137 Å². The number of pyridine rings is 1. The highest BCUT2D eigenvalue weighted by atomic mass is 32.1. The fourth-order valence-corrected chi connectivity index (χ4v) is 3.05. The van der Waals surface area contributed by atoms with Crippen molar-refractivity contribution in [1.82, 2.24) is 20.3 Å². The fraction of sp³-hybridized carbons (Fsp3) is 0.200. The molecule has 112 valence electrons. The van der Waals surface area contributed by atoms with Crippen molar-refractivity contribution in [3.63, 3.8) is 0 Å². The van der Waals surface area contributed by atoms with E-state index in [0.717, 1.165) is 22.6 Å². The lowest BCUT2D eigenvalue weighted by molar-refractivity contribution is 0.978. The Hall–Kier alpha value is -2.12. The number of thiocarbonyl (C=S) groups is 1. The van der Waals surface area contributed by atoms with E-state index in [2.05, 4.69) is 44.6 Å². The molecule has 0 saturated carbocycles. The minimum absolute atomic E-state index is 0.548. The van der Waals surface area contributed by atoms with E-state index in [4.69, 9.17) is 12.2 Å². The van der Waals surface area contributed by atoms with Crippen LogP contribution in [0.15, 0.2) is 30.5 Å². The van der Waals surface area contributed by atoms with Crippen molar-refractivity contribution in [2.24, 2.45) is 0 Å². The Bertz CT molecular complexity index is 828. The van der Waals surface area contributed by atoms with Gasteiger partial charge in [-0.15, -0.1) is 11.3 Å². The molecule has 0 aliphatic heterocycles. The molecule has 0 saturated heterocycles. The van der Waals surface area contributed by atoms with Crippen LogP contribution in [-0.2, 0) is 0 Å². The Morgan fingerprint density at radius 2 is 2.09 bits per heavy atom. The lowest BCUT2D eigenvalue weighted by Crippen LogP contribution is -2.28. The van der Waals surface area contributed by atoms with Crippen molar-refractivity contribution < 1.29 is 0 Å². The molecule has 3 aromatic heterocycles. The monoisotopic (exact) mass is 329 g/mol. The van der Waals surface area contributed by atoms with Gasteiger partial charge in [-0.2, -0.15) is 0 Å². The second-order valence-electron chi connectivity index (χ2n) is 4.69. The van der Waals surface area contributed by atoms with Gasteiger partial charge in [-0.05, 0) is 50.3 Å². The first-order valence-corrected chi connectivity index (χ1v) is 8.13. The third-order valence-electron chi connectivity index (χ3n) is 2.98. The first-order chi connectivity index (χ1) is 10.7. The molecule has 5 nitrogen and oxygen atoms in total. The molecule has 0 aliphatic rings. The average molecular weight is 329 g/mol. The van der Waals surface area contributed by atoms with Gasteiger partial charge in [-0.3, -0.25) is 4.98 Å². The molecule has 0 radical (unpaired) electrons. The zero-order valence-corrected chi connectivity index (χ0v) is 13.9. The topological polar surface area (TPSA) is 62.7 Å². The van der Waals surface area contributed by atoms with E-state index in [9.17, 15) is 0 Å². The summed E-state index contributed by atoms with van der Waals surface area (Å²) in [6.07, 6.45) is 1.78. The molecule has 3 heterocycles. The van der Waals surface area contributed by atoms with E-state index in [1.54, 1.807) is 17.5 Å². The molecule has 0 amide bonds. The number of fused-ring (bicyclic) bond motifs is 1. The molecule has 0 fully saturated rings. The Morgan fingerprint density at radius 1 is 1.23 bits per heavy atom. The van der Waals surface area contributed by atoms with Crippen LogP contribution in [0.1, 0.15) is 11.8 Å². The molecule has 7 heteroatoms. The lowest BCUT2D eigenvalue weighted by Gasteiger charge is -2.08. The van der Waals surface area contributed by atoms with Crippen LogP contribution in [0.4, 0.5) is 5.82 Å². The van der Waals surface area contributed by atoms with Crippen molar-refractivity contribution >= 4 is 45.6 Å². The SMILES string of the molecule is CCNC(=S)Nc1ccc2ncc(-c3ccc(C)s3)nc2n1. The largest absolute Gasteiger partial charge is 0.363 e. The number of aromatic nitrogens is 3. The second kappa shape index (κ2) is 6.33. The first kappa shape index (κ1) is 14.8. The van der Waals surface area contributed by atoms with Gasteiger partial charge in [0.2, 0.25) is 0 Å². The normalized spacial score (nSPS) is 10.6. The molecule has 3 aromatic rings. The summed E-state index contributed by atoms with van der Waals surface area (Å²) in [5.74, 6) is 0.660. The highest BCUT2D eigenvalue weighted by molar-refractivity contribution is 7.80. The van der Waals surface area contributed by atoms with Crippen molar-refractivity contribution in [2.45, 2.75) is 13.8 Å². The van der Waals surface area contributed by atoms with Crippen LogP contribution in [0.5, 0.6) is 0 Å². The average Bonchev–Trinajstić information content (AvgIpc) is 2.93. The van der Waals surface area contributed by atoms with E-state index >= 15 is 0 Å². The fourth-order valence-electron chi connectivity index (χ4n) is 1.98. The third kappa shape index (κ3) is 3.20. The van der Waals surface area contributed by atoms with Crippen LogP contribution in [0, 0.1) is 6.92 Å². The number of anilines is 1. The molecule has 22 heavy (non-hydrogen) atoms. The summed E-state index contributed by atoms with van der Waals surface area (Å²) in [6.45, 7) is 4.83. The van der Waals surface area contributed by atoms with Gasteiger partial charge in [-0.1, -0.05) is 0 Å². The summed E-state index contributed by atoms with van der Waals surface area (Å²) in [4.78, 5) is 15.9. The van der Waals surface area contributed by atoms with Crippen molar-refractivity contribution in [2.75, 3.05) is 11.9 Å². The second-order valence-corrected chi connectivity index (χ2v) is 6.39. The molecule has 2 N–H and O–H groups in total. The van der Waals surface area contributed by atoms with E-state index in [0.29, 0.717) is 16.6 Å². The predicted octanol–water partition coefficient (Wildman–Crippen LogP) is 3.37. The van der Waals surface area contributed by atoms with Crippen LogP contribution in [-0.4, -0.2) is 26.6 Å². The molecule has 0 atom stereocenters. The smallest absolute Gasteiger partial charge is 0.180 e.